The van der Waals surface area contributed by atoms with Crippen LogP contribution in [0.5, 0.6) is 5.75 Å². The third-order valence-corrected chi connectivity index (χ3v) is 5.76. The lowest BCUT2D eigenvalue weighted by Gasteiger charge is -2.13. The smallest absolute Gasteiger partial charge is 0.255 e. The van der Waals surface area contributed by atoms with E-state index < -0.39 is 15.9 Å². The number of anilines is 1. The van der Waals surface area contributed by atoms with Gasteiger partial charge < -0.3 is 10.1 Å². The first-order chi connectivity index (χ1) is 13.9. The highest BCUT2D eigenvalue weighted by Crippen LogP contribution is 2.28. The number of carbonyl (C=O) groups excluding carboxylic acids is 1. The van der Waals surface area contributed by atoms with Crippen molar-refractivity contribution < 1.29 is 17.9 Å². The van der Waals surface area contributed by atoms with Gasteiger partial charge in [0.2, 0.25) is 10.0 Å². The van der Waals surface area contributed by atoms with Crippen LogP contribution in [-0.2, 0) is 16.6 Å². The number of carbonyl (C=O) groups is 1. The summed E-state index contributed by atoms with van der Waals surface area (Å²) in [6.45, 7) is 0.152. The Bertz CT molecular complexity index is 1120. The maximum absolute atomic E-state index is 12.7. The van der Waals surface area contributed by atoms with Crippen LogP contribution in [0.2, 0.25) is 5.02 Å². The summed E-state index contributed by atoms with van der Waals surface area (Å²) in [6, 6.07) is 19.9. The molecule has 0 aliphatic heterocycles. The normalized spacial score (nSPS) is 11.1. The van der Waals surface area contributed by atoms with E-state index in [9.17, 15) is 13.2 Å². The third kappa shape index (κ3) is 5.35. The lowest BCUT2D eigenvalue weighted by Crippen LogP contribution is -2.23. The van der Waals surface area contributed by atoms with E-state index in [0.29, 0.717) is 16.3 Å². The van der Waals surface area contributed by atoms with Gasteiger partial charge in [-0.1, -0.05) is 48.0 Å². The van der Waals surface area contributed by atoms with Crippen molar-refractivity contribution in [3.05, 3.63) is 88.9 Å². The van der Waals surface area contributed by atoms with Crippen LogP contribution < -0.4 is 14.8 Å². The third-order valence-electron chi connectivity index (χ3n) is 4.13. The molecule has 0 spiro atoms. The minimum atomic E-state index is -3.79. The van der Waals surface area contributed by atoms with Gasteiger partial charge in [0.05, 0.1) is 17.7 Å². The van der Waals surface area contributed by atoms with E-state index in [1.165, 1.54) is 31.4 Å². The van der Waals surface area contributed by atoms with Crippen molar-refractivity contribution in [2.24, 2.45) is 0 Å². The van der Waals surface area contributed by atoms with Gasteiger partial charge in [-0.2, -0.15) is 0 Å². The van der Waals surface area contributed by atoms with E-state index in [4.69, 9.17) is 16.3 Å². The second-order valence-corrected chi connectivity index (χ2v) is 8.34. The van der Waals surface area contributed by atoms with E-state index in [0.717, 1.165) is 5.56 Å². The SMILES string of the molecule is COc1ccc(S(=O)(=O)NCc2ccccc2)cc1NC(=O)c1cccc(Cl)c1. The first-order valence-corrected chi connectivity index (χ1v) is 10.5. The van der Waals surface area contributed by atoms with Gasteiger partial charge in [-0.25, -0.2) is 13.1 Å². The van der Waals surface area contributed by atoms with Gasteiger partial charge in [0, 0.05) is 17.1 Å². The Morgan fingerprint density at radius 1 is 1.00 bits per heavy atom. The average molecular weight is 431 g/mol. The summed E-state index contributed by atoms with van der Waals surface area (Å²) in [7, 11) is -2.35. The van der Waals surface area contributed by atoms with E-state index in [2.05, 4.69) is 10.0 Å². The molecule has 0 bridgehead atoms. The Balaban J connectivity index is 1.83. The van der Waals surface area contributed by atoms with E-state index in [1.54, 1.807) is 18.2 Å². The van der Waals surface area contributed by atoms with Gasteiger partial charge in [0.1, 0.15) is 5.75 Å². The maximum atomic E-state index is 12.7. The Kier molecular flexibility index (Phi) is 6.53. The topological polar surface area (TPSA) is 84.5 Å². The van der Waals surface area contributed by atoms with Crippen molar-refractivity contribution in [3.63, 3.8) is 0 Å². The minimum absolute atomic E-state index is 0.00984. The number of hydrogen-bond donors (Lipinski definition) is 2. The molecule has 0 aliphatic rings. The summed E-state index contributed by atoms with van der Waals surface area (Å²) in [6.07, 6.45) is 0. The number of nitrogens with one attached hydrogen (secondary N) is 2. The number of ether oxygens (including phenoxy) is 1. The fraction of sp³-hybridized carbons (Fsp3) is 0.0952. The molecule has 0 fully saturated rings. The summed E-state index contributed by atoms with van der Waals surface area (Å²) in [5, 5.41) is 3.10. The van der Waals surface area contributed by atoms with Crippen molar-refractivity contribution in [2.75, 3.05) is 12.4 Å². The average Bonchev–Trinajstić information content (AvgIpc) is 2.73. The fourth-order valence-corrected chi connectivity index (χ4v) is 3.87. The number of methoxy groups -OCH3 is 1. The number of sulfonamides is 1. The molecule has 0 radical (unpaired) electrons. The van der Waals surface area contributed by atoms with Gasteiger partial charge >= 0.3 is 0 Å². The molecule has 0 saturated carbocycles. The highest BCUT2D eigenvalue weighted by Gasteiger charge is 2.18. The minimum Gasteiger partial charge on any atom is -0.495 e. The first-order valence-electron chi connectivity index (χ1n) is 8.67. The van der Waals surface area contributed by atoms with Crippen LogP contribution in [0, 0.1) is 0 Å². The first kappa shape index (κ1) is 20.9. The Labute approximate surface area is 174 Å². The number of rotatable bonds is 7. The van der Waals surface area contributed by atoms with Crippen LogP contribution in [0.25, 0.3) is 0 Å². The molecule has 2 N–H and O–H groups in total. The summed E-state index contributed by atoms with van der Waals surface area (Å²) < 4.78 is 33.1. The lowest BCUT2D eigenvalue weighted by atomic mass is 10.2. The quantitative estimate of drug-likeness (QED) is 0.591. The molecule has 8 heteroatoms. The van der Waals surface area contributed by atoms with Crippen LogP contribution in [0.15, 0.2) is 77.7 Å². The molecule has 3 aromatic carbocycles. The highest BCUT2D eigenvalue weighted by molar-refractivity contribution is 7.89. The number of hydrogen-bond acceptors (Lipinski definition) is 4. The molecule has 0 saturated heterocycles. The Morgan fingerprint density at radius 2 is 1.76 bits per heavy atom. The van der Waals surface area contributed by atoms with Gasteiger partial charge in [-0.3, -0.25) is 4.79 Å². The van der Waals surface area contributed by atoms with Crippen LogP contribution in [0.3, 0.4) is 0 Å². The molecule has 150 valence electrons. The van der Waals surface area contributed by atoms with Crippen LogP contribution in [-0.4, -0.2) is 21.4 Å². The second-order valence-electron chi connectivity index (χ2n) is 6.14. The molecule has 1 amide bonds. The van der Waals surface area contributed by atoms with Gasteiger partial charge in [-0.05, 0) is 42.0 Å². The highest BCUT2D eigenvalue weighted by atomic mass is 35.5. The lowest BCUT2D eigenvalue weighted by molar-refractivity contribution is 0.102. The number of halogens is 1. The van der Waals surface area contributed by atoms with E-state index in [1.807, 2.05) is 30.3 Å². The zero-order chi connectivity index (χ0) is 20.9. The van der Waals surface area contributed by atoms with Crippen molar-refractivity contribution in [3.8, 4) is 5.75 Å². The predicted molar refractivity (Wildman–Crippen MR) is 113 cm³/mol. The zero-order valence-corrected chi connectivity index (χ0v) is 17.1. The molecule has 0 unspecified atom stereocenters. The summed E-state index contributed by atoms with van der Waals surface area (Å²) >= 11 is 5.93. The number of benzene rings is 3. The molecule has 0 aromatic heterocycles. The summed E-state index contributed by atoms with van der Waals surface area (Å²) in [5.41, 5.74) is 1.41. The molecule has 0 atom stereocenters. The molecule has 3 rings (SSSR count). The standard InChI is InChI=1S/C21H19ClN2O4S/c1-28-20-11-10-18(29(26,27)23-14-15-6-3-2-4-7-15)13-19(20)24-21(25)16-8-5-9-17(22)12-16/h2-13,23H,14H2,1H3,(H,24,25). The van der Waals surface area contributed by atoms with Crippen LogP contribution >= 0.6 is 11.6 Å². The molecular weight excluding hydrogens is 412 g/mol. The van der Waals surface area contributed by atoms with Crippen molar-refractivity contribution in [1.29, 1.82) is 0 Å². The van der Waals surface area contributed by atoms with E-state index in [-0.39, 0.29) is 17.1 Å². The van der Waals surface area contributed by atoms with Gasteiger partial charge in [0.25, 0.3) is 5.91 Å². The van der Waals surface area contributed by atoms with Crippen molar-refractivity contribution in [2.45, 2.75) is 11.4 Å². The van der Waals surface area contributed by atoms with E-state index >= 15 is 0 Å². The van der Waals surface area contributed by atoms with Gasteiger partial charge in [0.15, 0.2) is 0 Å². The molecule has 0 heterocycles. The van der Waals surface area contributed by atoms with Gasteiger partial charge in [-0.15, -0.1) is 0 Å². The summed E-state index contributed by atoms with van der Waals surface area (Å²) in [5.74, 6) is -0.0972. The molecule has 0 aliphatic carbocycles. The molecular formula is C21H19ClN2O4S. The zero-order valence-electron chi connectivity index (χ0n) is 15.6. The fourth-order valence-electron chi connectivity index (χ4n) is 2.63. The Morgan fingerprint density at radius 3 is 2.45 bits per heavy atom. The second kappa shape index (κ2) is 9.09. The van der Waals surface area contributed by atoms with Crippen LogP contribution in [0.4, 0.5) is 5.69 Å². The van der Waals surface area contributed by atoms with Crippen LogP contribution in [0.1, 0.15) is 15.9 Å². The van der Waals surface area contributed by atoms with Crippen molar-refractivity contribution >= 4 is 33.2 Å². The maximum Gasteiger partial charge on any atom is 0.255 e. The number of amides is 1. The monoisotopic (exact) mass is 430 g/mol. The van der Waals surface area contributed by atoms with Crippen molar-refractivity contribution in [1.82, 2.24) is 4.72 Å². The largest absolute Gasteiger partial charge is 0.495 e. The summed E-state index contributed by atoms with van der Waals surface area (Å²) in [4.78, 5) is 12.5. The molecule has 6 nitrogen and oxygen atoms in total. The molecule has 3 aromatic rings. The Hall–Kier alpha value is -2.87. The molecule has 29 heavy (non-hydrogen) atoms. The predicted octanol–water partition coefficient (Wildman–Crippen LogP) is 4.08.